The van der Waals surface area contributed by atoms with Crippen LogP contribution < -0.4 is 10.5 Å². The molecule has 0 saturated carbocycles. The number of hydrogen-bond acceptors (Lipinski definition) is 6. The molecule has 1 fully saturated rings. The first-order chi connectivity index (χ1) is 13.6. The first kappa shape index (κ1) is 16.9. The Bertz CT molecular complexity index is 1200. The van der Waals surface area contributed by atoms with E-state index in [1.165, 1.54) is 0 Å². The molecule has 1 saturated heterocycles. The third-order valence-electron chi connectivity index (χ3n) is 5.51. The average Bonchev–Trinajstić information content (AvgIpc) is 3.13. The van der Waals surface area contributed by atoms with E-state index in [9.17, 15) is 4.79 Å². The van der Waals surface area contributed by atoms with Gasteiger partial charge in [-0.25, -0.2) is 9.78 Å². The van der Waals surface area contributed by atoms with Gasteiger partial charge in [0.05, 0.1) is 11.3 Å². The summed E-state index contributed by atoms with van der Waals surface area (Å²) in [5.74, 6) is 0.844. The summed E-state index contributed by atoms with van der Waals surface area (Å²) in [6.07, 6.45) is 3.74. The number of aromatic nitrogens is 3. The fraction of sp³-hybridized carbons (Fsp3) is 0.286. The summed E-state index contributed by atoms with van der Waals surface area (Å²) >= 11 is 0. The Labute approximate surface area is 161 Å². The molecule has 0 aromatic carbocycles. The van der Waals surface area contributed by atoms with Crippen LogP contribution in [0.1, 0.15) is 6.92 Å². The van der Waals surface area contributed by atoms with Gasteiger partial charge in [-0.05, 0) is 44.3 Å². The van der Waals surface area contributed by atoms with Crippen molar-refractivity contribution in [2.75, 3.05) is 31.6 Å². The van der Waals surface area contributed by atoms with Crippen molar-refractivity contribution in [3.05, 3.63) is 59.2 Å². The average molecular weight is 375 g/mol. The molecule has 1 aliphatic rings. The number of imidazole rings is 1. The lowest BCUT2D eigenvalue weighted by atomic mass is 10.1. The Balaban J connectivity index is 1.54. The topological polar surface area (TPSA) is 66.9 Å². The molecule has 142 valence electrons. The van der Waals surface area contributed by atoms with Crippen LogP contribution in [0.3, 0.4) is 0 Å². The highest BCUT2D eigenvalue weighted by Crippen LogP contribution is 2.23. The van der Waals surface area contributed by atoms with Gasteiger partial charge < -0.3 is 18.6 Å². The monoisotopic (exact) mass is 375 g/mol. The predicted octanol–water partition coefficient (Wildman–Crippen LogP) is 2.64. The smallest absolute Gasteiger partial charge is 0.347 e. The molecule has 0 spiro atoms. The third kappa shape index (κ3) is 2.84. The molecule has 4 aromatic heterocycles. The summed E-state index contributed by atoms with van der Waals surface area (Å²) in [4.78, 5) is 26.3. The van der Waals surface area contributed by atoms with Crippen molar-refractivity contribution in [1.82, 2.24) is 19.3 Å². The highest BCUT2D eigenvalue weighted by atomic mass is 16.4. The van der Waals surface area contributed by atoms with E-state index in [0.717, 1.165) is 36.5 Å². The van der Waals surface area contributed by atoms with Crippen LogP contribution in [0.25, 0.3) is 28.0 Å². The molecule has 0 bridgehead atoms. The van der Waals surface area contributed by atoms with Gasteiger partial charge in [-0.2, -0.15) is 4.98 Å². The van der Waals surface area contributed by atoms with Gasteiger partial charge in [0.15, 0.2) is 0 Å². The quantitative estimate of drug-likeness (QED) is 0.537. The van der Waals surface area contributed by atoms with Crippen molar-refractivity contribution < 1.29 is 4.42 Å². The molecule has 5 heterocycles. The van der Waals surface area contributed by atoms with Crippen molar-refractivity contribution >= 4 is 22.6 Å². The van der Waals surface area contributed by atoms with Crippen LogP contribution in [0.5, 0.6) is 0 Å². The number of nitrogens with zero attached hydrogens (tertiary/aromatic N) is 5. The zero-order valence-corrected chi connectivity index (χ0v) is 15.9. The molecule has 28 heavy (non-hydrogen) atoms. The van der Waals surface area contributed by atoms with E-state index in [-0.39, 0.29) is 0 Å². The molecule has 0 amide bonds. The Morgan fingerprint density at radius 1 is 1.14 bits per heavy atom. The lowest BCUT2D eigenvalue weighted by Gasteiger charge is -2.38. The standard InChI is InChI=1S/C21H21N5O2/c1-14-12-26(10-9-24(14)2)19-7-6-15-11-16(21(27)28-20(15)23-19)17-13-25-8-4-3-5-18(25)22-17/h3-8,11,13-14H,9-10,12H2,1-2H3/t14-/m0/s1. The first-order valence-corrected chi connectivity index (χ1v) is 9.43. The number of likely N-dealkylation sites (N-methyl/N-ethyl adjacent to an activating group) is 1. The Kier molecular flexibility index (Phi) is 3.91. The lowest BCUT2D eigenvalue weighted by Crippen LogP contribution is -2.50. The molecular formula is C21H21N5O2. The largest absolute Gasteiger partial charge is 0.403 e. The second kappa shape index (κ2) is 6.45. The van der Waals surface area contributed by atoms with Gasteiger partial charge in [-0.1, -0.05) is 6.07 Å². The SMILES string of the molecule is C[C@H]1CN(c2ccc3cc(-c4cn5ccccc5n4)c(=O)oc3n2)CCN1C. The fourth-order valence-corrected chi connectivity index (χ4v) is 3.67. The maximum atomic E-state index is 12.6. The minimum Gasteiger partial charge on any atom is -0.403 e. The minimum absolute atomic E-state index is 0.363. The number of anilines is 1. The van der Waals surface area contributed by atoms with Crippen LogP contribution in [0.4, 0.5) is 5.82 Å². The number of piperazine rings is 1. The summed E-state index contributed by atoms with van der Waals surface area (Å²) in [6.45, 7) is 4.99. The zero-order chi connectivity index (χ0) is 19.3. The maximum absolute atomic E-state index is 12.6. The number of fused-ring (bicyclic) bond motifs is 2. The predicted molar refractivity (Wildman–Crippen MR) is 109 cm³/mol. The van der Waals surface area contributed by atoms with E-state index in [1.54, 1.807) is 0 Å². The van der Waals surface area contributed by atoms with Crippen molar-refractivity contribution in [1.29, 1.82) is 0 Å². The van der Waals surface area contributed by atoms with E-state index in [2.05, 4.69) is 33.7 Å². The first-order valence-electron chi connectivity index (χ1n) is 9.43. The van der Waals surface area contributed by atoms with Gasteiger partial charge in [0.25, 0.3) is 0 Å². The van der Waals surface area contributed by atoms with E-state index in [0.29, 0.717) is 23.0 Å². The second-order valence-electron chi connectivity index (χ2n) is 7.38. The summed E-state index contributed by atoms with van der Waals surface area (Å²) in [5, 5.41) is 0.789. The highest BCUT2D eigenvalue weighted by Gasteiger charge is 2.22. The van der Waals surface area contributed by atoms with Crippen molar-refractivity contribution in [3.63, 3.8) is 0 Å². The van der Waals surface area contributed by atoms with E-state index in [4.69, 9.17) is 4.42 Å². The normalized spacial score (nSPS) is 18.2. The summed E-state index contributed by atoms with van der Waals surface area (Å²) < 4.78 is 7.45. The van der Waals surface area contributed by atoms with Gasteiger partial charge in [0.1, 0.15) is 11.5 Å². The van der Waals surface area contributed by atoms with Crippen LogP contribution in [-0.4, -0.2) is 52.0 Å². The van der Waals surface area contributed by atoms with Crippen LogP contribution in [0, 0.1) is 0 Å². The van der Waals surface area contributed by atoms with Crippen LogP contribution in [-0.2, 0) is 0 Å². The molecule has 0 N–H and O–H groups in total. The van der Waals surface area contributed by atoms with Gasteiger partial charge >= 0.3 is 5.63 Å². The Morgan fingerprint density at radius 2 is 2.04 bits per heavy atom. The lowest BCUT2D eigenvalue weighted by molar-refractivity contribution is 0.233. The minimum atomic E-state index is -0.424. The molecule has 0 radical (unpaired) electrons. The molecular weight excluding hydrogens is 354 g/mol. The Hall–Kier alpha value is -3.19. The molecule has 5 rings (SSSR count). The van der Waals surface area contributed by atoms with Gasteiger partial charge in [-0.15, -0.1) is 0 Å². The molecule has 1 atom stereocenters. The molecule has 4 aromatic rings. The van der Waals surface area contributed by atoms with E-state index < -0.39 is 5.63 Å². The molecule has 1 aliphatic heterocycles. The van der Waals surface area contributed by atoms with Crippen LogP contribution in [0.2, 0.25) is 0 Å². The summed E-state index contributed by atoms with van der Waals surface area (Å²) in [5.41, 5.74) is 1.77. The van der Waals surface area contributed by atoms with Crippen LogP contribution in [0.15, 0.2) is 58.0 Å². The van der Waals surface area contributed by atoms with Gasteiger partial charge in [0.2, 0.25) is 5.71 Å². The van der Waals surface area contributed by atoms with Crippen molar-refractivity contribution in [2.24, 2.45) is 0 Å². The number of rotatable bonds is 2. The third-order valence-corrected chi connectivity index (χ3v) is 5.51. The fourth-order valence-electron chi connectivity index (χ4n) is 3.67. The molecule has 0 aliphatic carbocycles. The maximum Gasteiger partial charge on any atom is 0.347 e. The van der Waals surface area contributed by atoms with Gasteiger partial charge in [-0.3, -0.25) is 0 Å². The van der Waals surface area contributed by atoms with Gasteiger partial charge in [0, 0.05) is 43.5 Å². The molecule has 7 heteroatoms. The summed E-state index contributed by atoms with van der Waals surface area (Å²) in [6, 6.07) is 12.0. The summed E-state index contributed by atoms with van der Waals surface area (Å²) in [7, 11) is 2.13. The van der Waals surface area contributed by atoms with E-state index in [1.807, 2.05) is 53.2 Å². The van der Waals surface area contributed by atoms with Crippen molar-refractivity contribution in [3.8, 4) is 11.3 Å². The van der Waals surface area contributed by atoms with E-state index >= 15 is 0 Å². The highest BCUT2D eigenvalue weighted by molar-refractivity contribution is 5.80. The van der Waals surface area contributed by atoms with Crippen molar-refractivity contribution in [2.45, 2.75) is 13.0 Å². The second-order valence-corrected chi connectivity index (χ2v) is 7.38. The molecule has 7 nitrogen and oxygen atoms in total. The van der Waals surface area contributed by atoms with Crippen LogP contribution >= 0.6 is 0 Å². The zero-order valence-electron chi connectivity index (χ0n) is 15.9. The molecule has 0 unspecified atom stereocenters. The number of pyridine rings is 2. The Morgan fingerprint density at radius 3 is 2.86 bits per heavy atom. The number of hydrogen-bond donors (Lipinski definition) is 0.